The second-order valence-corrected chi connectivity index (χ2v) is 3.79. The first-order valence-electron chi connectivity index (χ1n) is 5.60. The van der Waals surface area contributed by atoms with Gasteiger partial charge in [0.1, 0.15) is 0 Å². The fourth-order valence-corrected chi connectivity index (χ4v) is 1.77. The van der Waals surface area contributed by atoms with Gasteiger partial charge in [0.15, 0.2) is 0 Å². The standard InChI is InChI=1S/C11H20N2O/c1-2-3-8-14-9-7-13-6-4-5-11(13)10-12/h11H,2-9H2,1H3. The molecule has 3 nitrogen and oxygen atoms in total. The van der Waals surface area contributed by atoms with E-state index in [0.717, 1.165) is 45.6 Å². The molecule has 1 rings (SSSR count). The fourth-order valence-electron chi connectivity index (χ4n) is 1.77. The van der Waals surface area contributed by atoms with E-state index < -0.39 is 0 Å². The van der Waals surface area contributed by atoms with Crippen LogP contribution in [0.3, 0.4) is 0 Å². The molecule has 0 aliphatic carbocycles. The zero-order valence-corrected chi connectivity index (χ0v) is 9.04. The minimum atomic E-state index is 0.143. The lowest BCUT2D eigenvalue weighted by Gasteiger charge is -2.18. The molecule has 0 aromatic heterocycles. The lowest BCUT2D eigenvalue weighted by atomic mass is 10.2. The van der Waals surface area contributed by atoms with Crippen LogP contribution in [-0.4, -0.2) is 37.2 Å². The molecule has 1 aliphatic rings. The Hall–Kier alpha value is -0.590. The Labute approximate surface area is 86.6 Å². The van der Waals surface area contributed by atoms with Crippen molar-refractivity contribution in [1.29, 1.82) is 5.26 Å². The summed E-state index contributed by atoms with van der Waals surface area (Å²) in [7, 11) is 0. The van der Waals surface area contributed by atoms with Gasteiger partial charge in [-0.3, -0.25) is 4.90 Å². The molecule has 0 bridgehead atoms. The van der Waals surface area contributed by atoms with Crippen LogP contribution in [0.4, 0.5) is 0 Å². The third-order valence-electron chi connectivity index (χ3n) is 2.68. The molecule has 0 radical (unpaired) electrons. The van der Waals surface area contributed by atoms with Crippen LogP contribution in [0.15, 0.2) is 0 Å². The molecule has 14 heavy (non-hydrogen) atoms. The molecule has 3 heteroatoms. The van der Waals surface area contributed by atoms with Crippen LogP contribution < -0.4 is 0 Å². The minimum Gasteiger partial charge on any atom is -0.380 e. The zero-order valence-electron chi connectivity index (χ0n) is 9.04. The van der Waals surface area contributed by atoms with Crippen LogP contribution in [0, 0.1) is 11.3 Å². The minimum absolute atomic E-state index is 0.143. The summed E-state index contributed by atoms with van der Waals surface area (Å²) in [5.41, 5.74) is 0. The number of nitriles is 1. The van der Waals surface area contributed by atoms with E-state index in [0.29, 0.717) is 0 Å². The van der Waals surface area contributed by atoms with E-state index in [1.807, 2.05) is 0 Å². The summed E-state index contributed by atoms with van der Waals surface area (Å²) in [4.78, 5) is 2.23. The molecule has 1 saturated heterocycles. The Bertz CT molecular complexity index is 188. The van der Waals surface area contributed by atoms with Gasteiger partial charge in [0.05, 0.1) is 18.7 Å². The van der Waals surface area contributed by atoms with Crippen molar-refractivity contribution in [3.05, 3.63) is 0 Å². The highest BCUT2D eigenvalue weighted by molar-refractivity contribution is 4.95. The zero-order chi connectivity index (χ0) is 10.2. The van der Waals surface area contributed by atoms with Crippen LogP contribution in [0.2, 0.25) is 0 Å². The summed E-state index contributed by atoms with van der Waals surface area (Å²) < 4.78 is 5.48. The highest BCUT2D eigenvalue weighted by atomic mass is 16.5. The van der Waals surface area contributed by atoms with Crippen LogP contribution in [0.5, 0.6) is 0 Å². The Balaban J connectivity index is 2.03. The Morgan fingerprint density at radius 2 is 2.36 bits per heavy atom. The topological polar surface area (TPSA) is 36.3 Å². The molecule has 0 spiro atoms. The van der Waals surface area contributed by atoms with E-state index in [-0.39, 0.29) is 6.04 Å². The predicted molar refractivity (Wildman–Crippen MR) is 55.9 cm³/mol. The summed E-state index contributed by atoms with van der Waals surface area (Å²) in [6.45, 7) is 5.78. The predicted octanol–water partition coefficient (Wildman–Crippen LogP) is 1.79. The maximum absolute atomic E-state index is 8.84. The second kappa shape index (κ2) is 6.80. The third kappa shape index (κ3) is 3.65. The maximum atomic E-state index is 8.84. The molecule has 0 N–H and O–H groups in total. The first-order valence-corrected chi connectivity index (χ1v) is 5.60. The number of unbranched alkanes of at least 4 members (excludes halogenated alkanes) is 1. The Morgan fingerprint density at radius 3 is 3.07 bits per heavy atom. The maximum Gasteiger partial charge on any atom is 0.0979 e. The Morgan fingerprint density at radius 1 is 1.50 bits per heavy atom. The number of nitrogens with zero attached hydrogens (tertiary/aromatic N) is 2. The molecule has 0 aromatic carbocycles. The largest absolute Gasteiger partial charge is 0.380 e. The smallest absolute Gasteiger partial charge is 0.0979 e. The van der Waals surface area contributed by atoms with E-state index in [9.17, 15) is 0 Å². The van der Waals surface area contributed by atoms with Crippen molar-refractivity contribution in [3.8, 4) is 6.07 Å². The third-order valence-corrected chi connectivity index (χ3v) is 2.68. The molecule has 0 saturated carbocycles. The van der Waals surface area contributed by atoms with Crippen molar-refractivity contribution < 1.29 is 4.74 Å². The average molecular weight is 196 g/mol. The Kier molecular flexibility index (Phi) is 5.58. The van der Waals surface area contributed by atoms with Crippen molar-refractivity contribution in [2.75, 3.05) is 26.3 Å². The average Bonchev–Trinajstić information content (AvgIpc) is 2.65. The van der Waals surface area contributed by atoms with Gasteiger partial charge in [0.2, 0.25) is 0 Å². The van der Waals surface area contributed by atoms with Crippen molar-refractivity contribution in [1.82, 2.24) is 4.90 Å². The van der Waals surface area contributed by atoms with Gasteiger partial charge in [0.25, 0.3) is 0 Å². The van der Waals surface area contributed by atoms with Gasteiger partial charge in [-0.05, 0) is 25.8 Å². The molecule has 80 valence electrons. The van der Waals surface area contributed by atoms with Crippen LogP contribution in [0.1, 0.15) is 32.6 Å². The van der Waals surface area contributed by atoms with Crippen molar-refractivity contribution in [2.45, 2.75) is 38.6 Å². The molecular formula is C11H20N2O. The van der Waals surface area contributed by atoms with E-state index in [4.69, 9.17) is 10.00 Å². The molecule has 0 aromatic rings. The number of hydrogen-bond acceptors (Lipinski definition) is 3. The normalized spacial score (nSPS) is 22.4. The molecule has 0 amide bonds. The van der Waals surface area contributed by atoms with Crippen LogP contribution in [-0.2, 0) is 4.74 Å². The van der Waals surface area contributed by atoms with Crippen molar-refractivity contribution >= 4 is 0 Å². The summed E-state index contributed by atoms with van der Waals surface area (Å²) in [6.07, 6.45) is 4.52. The lowest BCUT2D eigenvalue weighted by Crippen LogP contribution is -2.31. The van der Waals surface area contributed by atoms with Crippen molar-refractivity contribution in [3.63, 3.8) is 0 Å². The molecule has 1 unspecified atom stereocenters. The van der Waals surface area contributed by atoms with E-state index in [1.165, 1.54) is 6.42 Å². The summed E-state index contributed by atoms with van der Waals surface area (Å²) in [5, 5.41) is 8.84. The molecule has 1 fully saturated rings. The van der Waals surface area contributed by atoms with E-state index in [2.05, 4.69) is 17.9 Å². The highest BCUT2D eigenvalue weighted by Gasteiger charge is 2.23. The molecule has 1 aliphatic heterocycles. The fraction of sp³-hybridized carbons (Fsp3) is 0.909. The van der Waals surface area contributed by atoms with Gasteiger partial charge in [-0.2, -0.15) is 5.26 Å². The van der Waals surface area contributed by atoms with Gasteiger partial charge in [0, 0.05) is 13.2 Å². The second-order valence-electron chi connectivity index (χ2n) is 3.79. The first kappa shape index (κ1) is 11.5. The monoisotopic (exact) mass is 196 g/mol. The molecular weight excluding hydrogens is 176 g/mol. The molecule has 1 atom stereocenters. The first-order chi connectivity index (χ1) is 6.88. The van der Waals surface area contributed by atoms with Crippen LogP contribution in [0.25, 0.3) is 0 Å². The highest BCUT2D eigenvalue weighted by Crippen LogP contribution is 2.15. The number of ether oxygens (including phenoxy) is 1. The quantitative estimate of drug-likeness (QED) is 0.608. The summed E-state index contributed by atoms with van der Waals surface area (Å²) >= 11 is 0. The van der Waals surface area contributed by atoms with Crippen molar-refractivity contribution in [2.24, 2.45) is 0 Å². The van der Waals surface area contributed by atoms with Gasteiger partial charge in [-0.1, -0.05) is 13.3 Å². The van der Waals surface area contributed by atoms with E-state index >= 15 is 0 Å². The van der Waals surface area contributed by atoms with Gasteiger partial charge >= 0.3 is 0 Å². The van der Waals surface area contributed by atoms with Gasteiger partial charge < -0.3 is 4.74 Å². The molecule has 1 heterocycles. The number of hydrogen-bond donors (Lipinski definition) is 0. The van der Waals surface area contributed by atoms with E-state index in [1.54, 1.807) is 0 Å². The lowest BCUT2D eigenvalue weighted by molar-refractivity contribution is 0.103. The summed E-state index contributed by atoms with van der Waals surface area (Å²) in [5.74, 6) is 0. The summed E-state index contributed by atoms with van der Waals surface area (Å²) in [6, 6.07) is 2.48. The number of likely N-dealkylation sites (tertiary alicyclic amines) is 1. The number of rotatable bonds is 6. The van der Waals surface area contributed by atoms with Crippen LogP contribution >= 0.6 is 0 Å². The van der Waals surface area contributed by atoms with Gasteiger partial charge in [-0.15, -0.1) is 0 Å². The SMILES string of the molecule is CCCCOCCN1CCCC1C#N. The van der Waals surface area contributed by atoms with Gasteiger partial charge in [-0.25, -0.2) is 0 Å².